The Kier molecular flexibility index (Phi) is 4.35. The number of rotatable bonds is 3. The van der Waals surface area contributed by atoms with E-state index in [0.717, 1.165) is 21.7 Å². The van der Waals surface area contributed by atoms with Crippen molar-refractivity contribution in [1.29, 1.82) is 0 Å². The van der Waals surface area contributed by atoms with Crippen LogP contribution in [0.1, 0.15) is 21.5 Å². The van der Waals surface area contributed by atoms with Crippen molar-refractivity contribution in [2.75, 3.05) is 17.3 Å². The van der Waals surface area contributed by atoms with Crippen LogP contribution >= 0.6 is 11.8 Å². The van der Waals surface area contributed by atoms with Gasteiger partial charge in [0.15, 0.2) is 0 Å². The van der Waals surface area contributed by atoms with Gasteiger partial charge in [-0.3, -0.25) is 4.79 Å². The molecule has 0 atom stereocenters. The highest BCUT2D eigenvalue weighted by atomic mass is 32.2. The first-order valence-electron chi connectivity index (χ1n) is 6.34. The highest BCUT2D eigenvalue weighted by molar-refractivity contribution is 7.98. The molecular weight excluding hydrogens is 268 g/mol. The molecule has 2 aromatic carbocycles. The zero-order chi connectivity index (χ0) is 14.7. The molecule has 0 fully saturated rings. The molecule has 0 spiro atoms. The zero-order valence-corrected chi connectivity index (χ0v) is 12.7. The third-order valence-corrected chi connectivity index (χ3v) is 4.05. The monoisotopic (exact) mass is 286 g/mol. The number of carbonyl (C=O) groups is 1. The zero-order valence-electron chi connectivity index (χ0n) is 11.9. The minimum absolute atomic E-state index is 0.116. The van der Waals surface area contributed by atoms with Gasteiger partial charge in [-0.2, -0.15) is 0 Å². The number of nitrogen functional groups attached to an aromatic ring is 1. The topological polar surface area (TPSA) is 55.1 Å². The van der Waals surface area contributed by atoms with Crippen LogP contribution in [-0.2, 0) is 0 Å². The van der Waals surface area contributed by atoms with Crippen molar-refractivity contribution in [3.05, 3.63) is 53.1 Å². The van der Waals surface area contributed by atoms with E-state index >= 15 is 0 Å². The first-order chi connectivity index (χ1) is 9.52. The minimum atomic E-state index is -0.116. The van der Waals surface area contributed by atoms with Gasteiger partial charge in [0.25, 0.3) is 5.91 Å². The van der Waals surface area contributed by atoms with Crippen molar-refractivity contribution in [2.24, 2.45) is 0 Å². The molecule has 4 heteroatoms. The number of amides is 1. The van der Waals surface area contributed by atoms with Crippen LogP contribution in [0, 0.1) is 13.8 Å². The molecule has 0 aromatic heterocycles. The van der Waals surface area contributed by atoms with Crippen LogP contribution in [0.5, 0.6) is 0 Å². The number of hydrogen-bond donors (Lipinski definition) is 2. The van der Waals surface area contributed by atoms with E-state index in [-0.39, 0.29) is 5.91 Å². The Morgan fingerprint density at radius 2 is 1.75 bits per heavy atom. The summed E-state index contributed by atoms with van der Waals surface area (Å²) in [7, 11) is 0. The van der Waals surface area contributed by atoms with Crippen LogP contribution in [0.15, 0.2) is 41.3 Å². The van der Waals surface area contributed by atoms with E-state index in [2.05, 4.69) is 5.32 Å². The third kappa shape index (κ3) is 2.96. The van der Waals surface area contributed by atoms with Gasteiger partial charge < -0.3 is 11.1 Å². The van der Waals surface area contributed by atoms with Crippen molar-refractivity contribution in [2.45, 2.75) is 18.7 Å². The van der Waals surface area contributed by atoms with E-state index in [4.69, 9.17) is 5.73 Å². The summed E-state index contributed by atoms with van der Waals surface area (Å²) in [6.07, 6.45) is 2.01. The third-order valence-electron chi connectivity index (χ3n) is 3.31. The molecule has 0 saturated carbocycles. The lowest BCUT2D eigenvalue weighted by atomic mass is 10.1. The number of anilines is 2. The lowest BCUT2D eigenvalue weighted by Gasteiger charge is -2.13. The van der Waals surface area contributed by atoms with Crippen LogP contribution in [0.2, 0.25) is 0 Å². The molecule has 0 aliphatic rings. The van der Waals surface area contributed by atoms with Gasteiger partial charge in [-0.1, -0.05) is 6.07 Å². The lowest BCUT2D eigenvalue weighted by molar-refractivity contribution is 0.102. The highest BCUT2D eigenvalue weighted by Gasteiger charge is 2.11. The van der Waals surface area contributed by atoms with Gasteiger partial charge in [0.05, 0.1) is 0 Å². The van der Waals surface area contributed by atoms with Gasteiger partial charge in [0, 0.05) is 21.8 Å². The molecule has 2 rings (SSSR count). The minimum Gasteiger partial charge on any atom is -0.398 e. The van der Waals surface area contributed by atoms with Crippen molar-refractivity contribution in [3.63, 3.8) is 0 Å². The number of nitrogens with two attached hydrogens (primary N) is 1. The average Bonchev–Trinajstić information content (AvgIpc) is 2.47. The maximum absolute atomic E-state index is 12.3. The molecule has 20 heavy (non-hydrogen) atoms. The van der Waals surface area contributed by atoms with Crippen molar-refractivity contribution in [3.8, 4) is 0 Å². The van der Waals surface area contributed by atoms with Crippen LogP contribution in [-0.4, -0.2) is 12.2 Å². The van der Waals surface area contributed by atoms with Crippen molar-refractivity contribution in [1.82, 2.24) is 0 Å². The molecule has 0 bridgehead atoms. The van der Waals surface area contributed by atoms with E-state index in [0.29, 0.717) is 11.3 Å². The van der Waals surface area contributed by atoms with Crippen LogP contribution < -0.4 is 11.1 Å². The van der Waals surface area contributed by atoms with Gasteiger partial charge in [-0.25, -0.2) is 0 Å². The second-order valence-corrected chi connectivity index (χ2v) is 5.53. The molecule has 0 aliphatic carbocycles. The van der Waals surface area contributed by atoms with Crippen LogP contribution in [0.3, 0.4) is 0 Å². The van der Waals surface area contributed by atoms with Crippen molar-refractivity contribution >= 4 is 29.0 Å². The smallest absolute Gasteiger partial charge is 0.255 e. The second-order valence-electron chi connectivity index (χ2n) is 4.65. The molecule has 1 amide bonds. The summed E-state index contributed by atoms with van der Waals surface area (Å²) >= 11 is 1.65. The van der Waals surface area contributed by atoms with E-state index < -0.39 is 0 Å². The second kappa shape index (κ2) is 6.01. The van der Waals surface area contributed by atoms with E-state index in [1.807, 2.05) is 56.5 Å². The maximum Gasteiger partial charge on any atom is 0.255 e. The first-order valence-corrected chi connectivity index (χ1v) is 7.56. The fraction of sp³-hybridized carbons (Fsp3) is 0.188. The molecule has 3 N–H and O–H groups in total. The Morgan fingerprint density at radius 1 is 1.10 bits per heavy atom. The molecule has 0 heterocycles. The van der Waals surface area contributed by atoms with E-state index in [1.165, 1.54) is 0 Å². The summed E-state index contributed by atoms with van der Waals surface area (Å²) in [4.78, 5) is 13.4. The molecule has 0 radical (unpaired) electrons. The van der Waals surface area contributed by atoms with E-state index in [1.54, 1.807) is 11.8 Å². The Labute approximate surface area is 123 Å². The number of carbonyl (C=O) groups excluding carboxylic acids is 1. The lowest BCUT2D eigenvalue weighted by Crippen LogP contribution is -2.14. The normalized spacial score (nSPS) is 10.3. The predicted molar refractivity (Wildman–Crippen MR) is 86.5 cm³/mol. The summed E-state index contributed by atoms with van der Waals surface area (Å²) in [6.45, 7) is 3.87. The molecule has 0 aliphatic heterocycles. The van der Waals surface area contributed by atoms with Crippen LogP contribution in [0.25, 0.3) is 0 Å². The van der Waals surface area contributed by atoms with Gasteiger partial charge in [0.1, 0.15) is 0 Å². The molecule has 0 unspecified atom stereocenters. The Bertz CT molecular complexity index is 636. The summed E-state index contributed by atoms with van der Waals surface area (Å²) < 4.78 is 0. The van der Waals surface area contributed by atoms with E-state index in [9.17, 15) is 4.79 Å². The number of hydrogen-bond acceptors (Lipinski definition) is 3. The van der Waals surface area contributed by atoms with Crippen LogP contribution in [0.4, 0.5) is 11.4 Å². The molecule has 104 valence electrons. The summed E-state index contributed by atoms with van der Waals surface area (Å²) in [6, 6.07) is 11.3. The first kappa shape index (κ1) is 14.5. The highest BCUT2D eigenvalue weighted by Crippen LogP contribution is 2.26. The standard InChI is InChI=1S/C16H18N2OS/c1-10-4-9-14(17)11(2)15(10)18-16(19)12-5-7-13(20-3)8-6-12/h4-9H,17H2,1-3H3,(H,18,19). The number of aryl methyl sites for hydroxylation is 1. The fourth-order valence-corrected chi connectivity index (χ4v) is 2.39. The number of thioether (sulfide) groups is 1. The molecule has 0 saturated heterocycles. The maximum atomic E-state index is 12.3. The summed E-state index contributed by atoms with van der Waals surface area (Å²) in [5, 5.41) is 2.95. The van der Waals surface area contributed by atoms with Crippen molar-refractivity contribution < 1.29 is 4.79 Å². The molecule has 2 aromatic rings. The fourth-order valence-electron chi connectivity index (χ4n) is 1.98. The molecular formula is C16H18N2OS. The Balaban J connectivity index is 2.25. The van der Waals surface area contributed by atoms with Gasteiger partial charge >= 0.3 is 0 Å². The predicted octanol–water partition coefficient (Wildman–Crippen LogP) is 3.86. The Morgan fingerprint density at radius 3 is 2.35 bits per heavy atom. The number of nitrogens with one attached hydrogen (secondary N) is 1. The largest absolute Gasteiger partial charge is 0.398 e. The van der Waals surface area contributed by atoms with Gasteiger partial charge in [-0.15, -0.1) is 11.8 Å². The SMILES string of the molecule is CSc1ccc(C(=O)Nc2c(C)ccc(N)c2C)cc1. The summed E-state index contributed by atoms with van der Waals surface area (Å²) in [5.41, 5.74) is 9.92. The average molecular weight is 286 g/mol. The Hall–Kier alpha value is -1.94. The van der Waals surface area contributed by atoms with Gasteiger partial charge in [0.2, 0.25) is 0 Å². The van der Waals surface area contributed by atoms with Gasteiger partial charge in [-0.05, 0) is 61.6 Å². The number of benzene rings is 2. The summed E-state index contributed by atoms with van der Waals surface area (Å²) in [5.74, 6) is -0.116. The molecule has 3 nitrogen and oxygen atoms in total. The quantitative estimate of drug-likeness (QED) is 0.665.